The number of carboxylic acids is 1. The number of carboxylic acid groups (broad SMARTS) is 1. The van der Waals surface area contributed by atoms with Crippen LogP contribution in [0.2, 0.25) is 0 Å². The molecule has 2 aliphatic carbocycles. The number of halogens is 1. The Labute approximate surface area is 230 Å². The van der Waals surface area contributed by atoms with E-state index >= 15 is 4.39 Å². The number of hydrogen-bond acceptors (Lipinski definition) is 4. The van der Waals surface area contributed by atoms with Gasteiger partial charge in [-0.3, -0.25) is 4.79 Å². The standard InChI is InChI=1S/C33H38FNO4/c1-32(2)13-6-8-27(32)25-15-21(9-12-24(25)26-17-30(38-4)35-19-29(26)34)20-39-23-11-10-22-7-5-14-33(3,18-31(36)37)28(22)16-23/h9-12,15-17,19,27H,5-8,13-14,18,20H2,1-4H3,(H,36,37)/t27-,33+/m1/s1. The average Bonchev–Trinajstić information content (AvgIpc) is 3.26. The lowest BCUT2D eigenvalue weighted by molar-refractivity contribution is -0.138. The van der Waals surface area contributed by atoms with Gasteiger partial charge >= 0.3 is 5.97 Å². The van der Waals surface area contributed by atoms with Crippen LogP contribution in [0.25, 0.3) is 11.1 Å². The van der Waals surface area contributed by atoms with Gasteiger partial charge in [0.05, 0.1) is 19.7 Å². The molecule has 2 atom stereocenters. The van der Waals surface area contributed by atoms with E-state index in [0.717, 1.165) is 66.5 Å². The van der Waals surface area contributed by atoms with Gasteiger partial charge in [0.25, 0.3) is 0 Å². The van der Waals surface area contributed by atoms with Gasteiger partial charge in [-0.05, 0) is 83.4 Å². The molecule has 5 nitrogen and oxygen atoms in total. The predicted molar refractivity (Wildman–Crippen MR) is 150 cm³/mol. The molecule has 206 valence electrons. The van der Waals surface area contributed by atoms with Gasteiger partial charge in [-0.15, -0.1) is 0 Å². The van der Waals surface area contributed by atoms with Crippen LogP contribution in [0.3, 0.4) is 0 Å². The normalized spacial score (nSPS) is 21.8. The second-order valence-electron chi connectivity index (χ2n) is 12.2. The number of pyridine rings is 1. The predicted octanol–water partition coefficient (Wildman–Crippen LogP) is 7.84. The van der Waals surface area contributed by atoms with Gasteiger partial charge in [0, 0.05) is 17.0 Å². The zero-order chi connectivity index (χ0) is 27.8. The molecule has 39 heavy (non-hydrogen) atoms. The van der Waals surface area contributed by atoms with E-state index in [0.29, 0.717) is 24.0 Å². The molecular formula is C33H38FNO4. The Morgan fingerprint density at radius 3 is 2.62 bits per heavy atom. The molecule has 0 aliphatic heterocycles. The number of aryl methyl sites for hydroxylation is 1. The number of nitrogens with zero attached hydrogens (tertiary/aromatic N) is 1. The van der Waals surface area contributed by atoms with Crippen molar-refractivity contribution >= 4 is 5.97 Å². The van der Waals surface area contributed by atoms with Crippen LogP contribution in [0.15, 0.2) is 48.7 Å². The summed E-state index contributed by atoms with van der Waals surface area (Å²) in [7, 11) is 1.54. The summed E-state index contributed by atoms with van der Waals surface area (Å²) < 4.78 is 26.6. The quantitative estimate of drug-likeness (QED) is 0.321. The third-order valence-electron chi connectivity index (χ3n) is 8.93. The maximum Gasteiger partial charge on any atom is 0.304 e. The number of carbonyl (C=O) groups is 1. The Bertz CT molecular complexity index is 1380. The molecule has 1 heterocycles. The van der Waals surface area contributed by atoms with Crippen molar-refractivity contribution in [1.29, 1.82) is 0 Å². The van der Waals surface area contributed by atoms with Crippen LogP contribution < -0.4 is 9.47 Å². The summed E-state index contributed by atoms with van der Waals surface area (Å²) >= 11 is 0. The molecule has 0 spiro atoms. The molecule has 5 rings (SSSR count). The molecule has 0 radical (unpaired) electrons. The van der Waals surface area contributed by atoms with Crippen molar-refractivity contribution in [3.8, 4) is 22.8 Å². The Morgan fingerprint density at radius 1 is 1.08 bits per heavy atom. The minimum absolute atomic E-state index is 0.106. The Kier molecular flexibility index (Phi) is 7.41. The van der Waals surface area contributed by atoms with Crippen molar-refractivity contribution in [2.24, 2.45) is 5.41 Å². The molecular weight excluding hydrogens is 493 g/mol. The van der Waals surface area contributed by atoms with Gasteiger partial charge in [-0.25, -0.2) is 9.37 Å². The van der Waals surface area contributed by atoms with Crippen LogP contribution in [0.5, 0.6) is 11.6 Å². The van der Waals surface area contributed by atoms with Gasteiger partial charge < -0.3 is 14.6 Å². The topological polar surface area (TPSA) is 68.7 Å². The maximum atomic E-state index is 15.0. The lowest BCUT2D eigenvalue weighted by Gasteiger charge is -2.35. The minimum Gasteiger partial charge on any atom is -0.489 e. The fraction of sp³-hybridized carbons (Fsp3) is 0.455. The maximum absolute atomic E-state index is 15.0. The van der Waals surface area contributed by atoms with E-state index in [1.165, 1.54) is 18.9 Å². The highest BCUT2D eigenvalue weighted by Gasteiger charge is 2.37. The first-order chi connectivity index (χ1) is 18.6. The largest absolute Gasteiger partial charge is 0.489 e. The highest BCUT2D eigenvalue weighted by Crippen LogP contribution is 2.51. The summed E-state index contributed by atoms with van der Waals surface area (Å²) in [6.07, 6.45) is 7.48. The van der Waals surface area contributed by atoms with E-state index in [9.17, 15) is 9.90 Å². The van der Waals surface area contributed by atoms with Gasteiger partial charge in [-0.2, -0.15) is 0 Å². The van der Waals surface area contributed by atoms with Crippen molar-refractivity contribution in [3.05, 3.63) is 76.7 Å². The van der Waals surface area contributed by atoms with Gasteiger partial charge in [-0.1, -0.05) is 51.5 Å². The summed E-state index contributed by atoms with van der Waals surface area (Å²) in [6.45, 7) is 7.01. The summed E-state index contributed by atoms with van der Waals surface area (Å²) in [6, 6.07) is 13.9. The second-order valence-corrected chi connectivity index (χ2v) is 12.2. The van der Waals surface area contributed by atoms with Crippen molar-refractivity contribution < 1.29 is 23.8 Å². The first kappa shape index (κ1) is 27.2. The molecule has 1 N–H and O–H groups in total. The summed E-state index contributed by atoms with van der Waals surface area (Å²) in [4.78, 5) is 15.6. The fourth-order valence-electron chi connectivity index (χ4n) is 6.79. The highest BCUT2D eigenvalue weighted by atomic mass is 19.1. The van der Waals surface area contributed by atoms with Crippen LogP contribution in [-0.2, 0) is 23.2 Å². The van der Waals surface area contributed by atoms with Crippen molar-refractivity contribution in [2.75, 3.05) is 7.11 Å². The molecule has 3 aromatic rings. The monoisotopic (exact) mass is 531 g/mol. The number of methoxy groups -OCH3 is 1. The third-order valence-corrected chi connectivity index (χ3v) is 8.93. The first-order valence-corrected chi connectivity index (χ1v) is 13.9. The van der Waals surface area contributed by atoms with E-state index in [1.54, 1.807) is 6.07 Å². The Hall–Kier alpha value is -3.41. The van der Waals surface area contributed by atoms with Crippen LogP contribution in [-0.4, -0.2) is 23.2 Å². The van der Waals surface area contributed by atoms with Gasteiger partial charge in [0.1, 0.15) is 18.2 Å². The van der Waals surface area contributed by atoms with E-state index in [2.05, 4.69) is 31.0 Å². The van der Waals surface area contributed by atoms with E-state index in [4.69, 9.17) is 9.47 Å². The first-order valence-electron chi connectivity index (χ1n) is 13.9. The van der Waals surface area contributed by atoms with Gasteiger partial charge in [0.15, 0.2) is 0 Å². The van der Waals surface area contributed by atoms with Gasteiger partial charge in [0.2, 0.25) is 5.88 Å². The molecule has 2 aliphatic rings. The van der Waals surface area contributed by atoms with Crippen molar-refractivity contribution in [3.63, 3.8) is 0 Å². The third kappa shape index (κ3) is 5.52. The molecule has 6 heteroatoms. The minimum atomic E-state index is -0.776. The lowest BCUT2D eigenvalue weighted by Crippen LogP contribution is -2.30. The zero-order valence-electron chi connectivity index (χ0n) is 23.4. The van der Waals surface area contributed by atoms with E-state index in [1.807, 2.05) is 31.2 Å². The number of fused-ring (bicyclic) bond motifs is 1. The zero-order valence-corrected chi connectivity index (χ0v) is 23.4. The number of aromatic nitrogens is 1. The van der Waals surface area contributed by atoms with Crippen molar-refractivity contribution in [2.45, 2.75) is 83.7 Å². The number of rotatable bonds is 8. The molecule has 1 aromatic heterocycles. The Balaban J connectivity index is 1.46. The molecule has 2 aromatic carbocycles. The lowest BCUT2D eigenvalue weighted by atomic mass is 9.69. The highest BCUT2D eigenvalue weighted by molar-refractivity contribution is 5.71. The summed E-state index contributed by atoms with van der Waals surface area (Å²) in [5.74, 6) is 0.283. The number of aliphatic carboxylic acids is 1. The molecule has 0 saturated heterocycles. The van der Waals surface area contributed by atoms with E-state index < -0.39 is 11.4 Å². The van der Waals surface area contributed by atoms with E-state index in [-0.39, 0.29) is 17.7 Å². The van der Waals surface area contributed by atoms with Crippen LogP contribution in [0, 0.1) is 11.2 Å². The average molecular weight is 532 g/mol. The molecule has 0 amide bonds. The number of benzene rings is 2. The van der Waals surface area contributed by atoms with Crippen LogP contribution >= 0.6 is 0 Å². The molecule has 0 bridgehead atoms. The SMILES string of the molecule is COc1cc(-c2ccc(COc3ccc4c(c3)[C@](C)(CC(=O)O)CCC4)cc2[C@H]2CCCC2(C)C)c(F)cn1. The molecule has 1 fully saturated rings. The van der Waals surface area contributed by atoms with Crippen LogP contribution in [0.1, 0.15) is 87.5 Å². The van der Waals surface area contributed by atoms with Crippen LogP contribution in [0.4, 0.5) is 4.39 Å². The number of hydrogen-bond donors (Lipinski definition) is 1. The van der Waals surface area contributed by atoms with Crippen molar-refractivity contribution in [1.82, 2.24) is 4.98 Å². The molecule has 1 saturated carbocycles. The summed E-state index contributed by atoms with van der Waals surface area (Å²) in [5, 5.41) is 9.52. The molecule has 0 unspecified atom stereocenters. The fourth-order valence-corrected chi connectivity index (χ4v) is 6.79. The Morgan fingerprint density at radius 2 is 1.90 bits per heavy atom. The summed E-state index contributed by atoms with van der Waals surface area (Å²) in [5.41, 5.74) is 5.53. The second kappa shape index (κ2) is 10.6. The number of ether oxygens (including phenoxy) is 2. The smallest absolute Gasteiger partial charge is 0.304 e.